The first-order chi connectivity index (χ1) is 39.5. The number of phosphoric acid groups is 2. The van der Waals surface area contributed by atoms with Gasteiger partial charge in [0.2, 0.25) is 0 Å². The van der Waals surface area contributed by atoms with Crippen molar-refractivity contribution in [2.24, 2.45) is 5.92 Å². The van der Waals surface area contributed by atoms with E-state index in [9.17, 15) is 43.2 Å². The predicted octanol–water partition coefficient (Wildman–Crippen LogP) is 17.4. The van der Waals surface area contributed by atoms with Crippen LogP contribution in [-0.2, 0) is 65.4 Å². The molecule has 0 aromatic rings. The summed E-state index contributed by atoms with van der Waals surface area (Å²) in [5.74, 6) is -1.40. The van der Waals surface area contributed by atoms with E-state index in [0.29, 0.717) is 25.7 Å². The number of rotatable bonds is 63. The average Bonchev–Trinajstić information content (AvgIpc) is 3.45. The quantitative estimate of drug-likeness (QED) is 0.0222. The van der Waals surface area contributed by atoms with Gasteiger partial charge in [-0.15, -0.1) is 0 Å². The number of aliphatic hydroxyl groups excluding tert-OH is 1. The molecule has 0 aliphatic rings. The predicted molar refractivity (Wildman–Crippen MR) is 326 cm³/mol. The number of hydrogen-bond acceptors (Lipinski definition) is 15. The summed E-state index contributed by atoms with van der Waals surface area (Å²) in [4.78, 5) is 72.1. The molecule has 0 aliphatic carbocycles. The summed E-state index contributed by atoms with van der Waals surface area (Å²) in [6.07, 6.45) is 40.2. The Kier molecular flexibility index (Phi) is 55.5. The van der Waals surface area contributed by atoms with Crippen LogP contribution >= 0.6 is 15.6 Å². The van der Waals surface area contributed by atoms with Crippen molar-refractivity contribution >= 4 is 39.5 Å². The maximum atomic E-state index is 13.0. The second-order valence-corrected chi connectivity index (χ2v) is 26.2. The van der Waals surface area contributed by atoms with E-state index in [1.54, 1.807) is 0 Å². The molecule has 0 saturated carbocycles. The summed E-state index contributed by atoms with van der Waals surface area (Å²) in [5, 5.41) is 10.5. The highest BCUT2D eigenvalue weighted by molar-refractivity contribution is 7.47. The molecule has 0 aromatic heterocycles. The van der Waals surface area contributed by atoms with Gasteiger partial charge in [0.25, 0.3) is 0 Å². The maximum Gasteiger partial charge on any atom is 0.472 e. The van der Waals surface area contributed by atoms with Crippen molar-refractivity contribution in [3.63, 3.8) is 0 Å². The first-order valence-corrected chi connectivity index (χ1v) is 36.1. The lowest BCUT2D eigenvalue weighted by molar-refractivity contribution is -0.161. The van der Waals surface area contributed by atoms with Crippen LogP contribution in [0.2, 0.25) is 0 Å². The van der Waals surface area contributed by atoms with Crippen LogP contribution in [0.15, 0.2) is 0 Å². The maximum absolute atomic E-state index is 13.0. The van der Waals surface area contributed by atoms with Crippen molar-refractivity contribution in [1.29, 1.82) is 0 Å². The minimum Gasteiger partial charge on any atom is -0.462 e. The number of carbonyl (C=O) groups excluding carboxylic acids is 4. The summed E-state index contributed by atoms with van der Waals surface area (Å²) in [6, 6.07) is 0. The topological polar surface area (TPSA) is 237 Å². The zero-order chi connectivity index (χ0) is 60.6. The summed E-state index contributed by atoms with van der Waals surface area (Å²) in [5.41, 5.74) is 0. The zero-order valence-corrected chi connectivity index (χ0v) is 54.4. The third kappa shape index (κ3) is 57.2. The number of ether oxygens (including phenoxy) is 4. The lowest BCUT2D eigenvalue weighted by Crippen LogP contribution is -2.30. The molecule has 3 N–H and O–H groups in total. The number of phosphoric ester groups is 2. The highest BCUT2D eigenvalue weighted by Gasteiger charge is 2.30. The fraction of sp³-hybridized carbons (Fsp3) is 0.937. The molecule has 0 fully saturated rings. The van der Waals surface area contributed by atoms with Crippen LogP contribution in [0.3, 0.4) is 0 Å². The van der Waals surface area contributed by atoms with Crippen LogP contribution in [-0.4, -0.2) is 96.7 Å². The van der Waals surface area contributed by atoms with E-state index in [1.807, 2.05) is 0 Å². The molecule has 82 heavy (non-hydrogen) atoms. The standard InChI is InChI=1S/C63H122O17P2/c1-6-9-12-15-18-21-23-27-32-37-42-47-61(66)74-53-59(80-63(68)49-44-39-34-29-25-26-30-35-40-45-56(4)5)55-78-82(71,72)76-51-57(64)50-75-81(69,70)77-54-58(52-73-60(65)46-41-36-31-20-17-14-11-8-3)79-62(67)48-43-38-33-28-24-22-19-16-13-10-7-2/h56-59,64H,6-55H2,1-5H3,(H,69,70)(H,71,72)/t57-,58+,59+/m0/s1. The molecular formula is C63H122O17P2. The minimum atomic E-state index is -4.94. The smallest absolute Gasteiger partial charge is 0.462 e. The summed E-state index contributed by atoms with van der Waals surface area (Å²) in [6.45, 7) is 7.14. The van der Waals surface area contributed by atoms with Gasteiger partial charge in [-0.3, -0.25) is 37.3 Å². The molecule has 2 unspecified atom stereocenters. The van der Waals surface area contributed by atoms with E-state index in [4.69, 9.17) is 37.0 Å². The lowest BCUT2D eigenvalue weighted by atomic mass is 10.0. The first kappa shape index (κ1) is 80.1. The van der Waals surface area contributed by atoms with Gasteiger partial charge in [-0.2, -0.15) is 0 Å². The van der Waals surface area contributed by atoms with E-state index in [0.717, 1.165) is 102 Å². The molecule has 5 atom stereocenters. The molecular weight excluding hydrogens is 1090 g/mol. The second kappa shape index (κ2) is 56.8. The molecule has 0 aromatic carbocycles. The molecule has 0 aliphatic heterocycles. The van der Waals surface area contributed by atoms with Crippen molar-refractivity contribution in [2.75, 3.05) is 39.6 Å². The van der Waals surface area contributed by atoms with Crippen LogP contribution in [0.4, 0.5) is 0 Å². The molecule has 19 heteroatoms. The number of unbranched alkanes of at least 4 members (excludes halogenated alkanes) is 35. The van der Waals surface area contributed by atoms with E-state index >= 15 is 0 Å². The fourth-order valence-electron chi connectivity index (χ4n) is 9.41. The highest BCUT2D eigenvalue weighted by atomic mass is 31.2. The van der Waals surface area contributed by atoms with Crippen LogP contribution < -0.4 is 0 Å². The Bertz CT molecular complexity index is 1600. The molecule has 0 spiro atoms. The van der Waals surface area contributed by atoms with Crippen LogP contribution in [0, 0.1) is 5.92 Å². The van der Waals surface area contributed by atoms with E-state index in [2.05, 4.69) is 34.6 Å². The third-order valence-corrected chi connectivity index (χ3v) is 16.4. The van der Waals surface area contributed by atoms with E-state index in [-0.39, 0.29) is 25.7 Å². The molecule has 0 saturated heterocycles. The van der Waals surface area contributed by atoms with Gasteiger partial charge in [-0.05, 0) is 31.6 Å². The lowest BCUT2D eigenvalue weighted by Gasteiger charge is -2.21. The van der Waals surface area contributed by atoms with Gasteiger partial charge in [-0.25, -0.2) is 9.13 Å². The Morgan fingerprint density at radius 1 is 0.329 bits per heavy atom. The van der Waals surface area contributed by atoms with Crippen LogP contribution in [0.25, 0.3) is 0 Å². The Hall–Kier alpha value is -1.94. The number of hydrogen-bond donors (Lipinski definition) is 3. The van der Waals surface area contributed by atoms with Gasteiger partial charge in [0.15, 0.2) is 12.2 Å². The summed E-state index contributed by atoms with van der Waals surface area (Å²) in [7, 11) is -9.88. The van der Waals surface area contributed by atoms with Crippen molar-refractivity contribution in [3.8, 4) is 0 Å². The van der Waals surface area contributed by atoms with Crippen LogP contribution in [0.1, 0.15) is 317 Å². The molecule has 0 radical (unpaired) electrons. The SMILES string of the molecule is CCCCCCCCCCCCCC(=O)OC[C@H](COP(=O)(O)OC[C@@H](O)COP(=O)(O)OC[C@@H](COC(=O)CCCCCCCCCC)OC(=O)CCCCCCCCCCCCC)OC(=O)CCCCCCCCCCCC(C)C. The monoisotopic (exact) mass is 1210 g/mol. The van der Waals surface area contributed by atoms with Crippen LogP contribution in [0.5, 0.6) is 0 Å². The molecule has 0 bridgehead atoms. The normalized spacial score (nSPS) is 14.3. The Labute approximate surface area is 498 Å². The second-order valence-electron chi connectivity index (χ2n) is 23.3. The summed E-state index contributed by atoms with van der Waals surface area (Å²) >= 11 is 0. The average molecular weight is 1210 g/mol. The number of aliphatic hydroxyl groups is 1. The van der Waals surface area contributed by atoms with Gasteiger partial charge >= 0.3 is 39.5 Å². The van der Waals surface area contributed by atoms with Gasteiger partial charge in [0.1, 0.15) is 19.3 Å². The third-order valence-electron chi connectivity index (χ3n) is 14.5. The fourth-order valence-corrected chi connectivity index (χ4v) is 11.0. The first-order valence-electron chi connectivity index (χ1n) is 33.1. The van der Waals surface area contributed by atoms with Crippen molar-refractivity contribution in [2.45, 2.75) is 335 Å². The number of esters is 4. The molecule has 486 valence electrons. The minimum absolute atomic E-state index is 0.106. The van der Waals surface area contributed by atoms with Gasteiger partial charge in [0, 0.05) is 25.7 Å². The van der Waals surface area contributed by atoms with Gasteiger partial charge in [0.05, 0.1) is 26.4 Å². The largest absolute Gasteiger partial charge is 0.472 e. The highest BCUT2D eigenvalue weighted by Crippen LogP contribution is 2.45. The Balaban J connectivity index is 5.23. The van der Waals surface area contributed by atoms with Gasteiger partial charge < -0.3 is 33.8 Å². The molecule has 0 rings (SSSR count). The summed E-state index contributed by atoms with van der Waals surface area (Å²) < 4.78 is 67.9. The van der Waals surface area contributed by atoms with E-state index in [1.165, 1.54) is 135 Å². The molecule has 0 amide bonds. The van der Waals surface area contributed by atoms with E-state index < -0.39 is 97.5 Å². The van der Waals surface area contributed by atoms with Crippen molar-refractivity contribution in [1.82, 2.24) is 0 Å². The Morgan fingerprint density at radius 2 is 0.561 bits per heavy atom. The molecule has 0 heterocycles. The zero-order valence-electron chi connectivity index (χ0n) is 52.6. The van der Waals surface area contributed by atoms with Gasteiger partial charge in [-0.1, -0.05) is 266 Å². The number of carbonyl (C=O) groups is 4. The van der Waals surface area contributed by atoms with Crippen molar-refractivity contribution in [3.05, 3.63) is 0 Å². The molecule has 17 nitrogen and oxygen atoms in total. The Morgan fingerprint density at radius 3 is 0.829 bits per heavy atom. The van der Waals surface area contributed by atoms with Crippen molar-refractivity contribution < 1.29 is 80.2 Å².